The van der Waals surface area contributed by atoms with E-state index in [2.05, 4.69) is 0 Å². The van der Waals surface area contributed by atoms with Gasteiger partial charge in [0.25, 0.3) is 0 Å². The second-order valence-electron chi connectivity index (χ2n) is 4.74. The highest BCUT2D eigenvalue weighted by molar-refractivity contribution is 5.86. The van der Waals surface area contributed by atoms with Crippen molar-refractivity contribution in [3.05, 3.63) is 0 Å². The number of carbonyl (C=O) groups is 2. The minimum atomic E-state index is -0.123. The summed E-state index contributed by atoms with van der Waals surface area (Å²) in [5.41, 5.74) is 5.84. The first kappa shape index (κ1) is 13.0. The van der Waals surface area contributed by atoms with E-state index in [-0.39, 0.29) is 30.3 Å². The Hall–Kier alpha value is -1.10. The van der Waals surface area contributed by atoms with Crippen LogP contribution >= 0.6 is 0 Å². The molecule has 1 rings (SSSR count). The fourth-order valence-corrected chi connectivity index (χ4v) is 1.54. The molecule has 0 aliphatic carbocycles. The molecule has 0 aromatic carbocycles. The van der Waals surface area contributed by atoms with E-state index in [0.29, 0.717) is 19.5 Å². The van der Waals surface area contributed by atoms with Crippen LogP contribution in [0.3, 0.4) is 0 Å². The van der Waals surface area contributed by atoms with Gasteiger partial charge in [0.05, 0.1) is 6.54 Å². The molecule has 0 radical (unpaired) electrons. The first-order valence-electron chi connectivity index (χ1n) is 5.69. The lowest BCUT2D eigenvalue weighted by molar-refractivity contribution is -0.144. The molecule has 1 atom stereocenters. The molecule has 0 saturated carbocycles. The van der Waals surface area contributed by atoms with Crippen molar-refractivity contribution in [2.24, 2.45) is 11.7 Å². The molecule has 5 heteroatoms. The second-order valence-corrected chi connectivity index (χ2v) is 4.74. The van der Waals surface area contributed by atoms with Gasteiger partial charge in [-0.2, -0.15) is 0 Å². The summed E-state index contributed by atoms with van der Waals surface area (Å²) in [5, 5.41) is 0. The molecule has 1 heterocycles. The fraction of sp³-hybridized carbons (Fsp3) is 0.818. The molecule has 1 unspecified atom stereocenters. The molecule has 1 aliphatic heterocycles. The topological polar surface area (TPSA) is 66.6 Å². The highest BCUT2D eigenvalue weighted by atomic mass is 16.2. The number of nitrogens with zero attached hydrogens (tertiary/aromatic N) is 2. The van der Waals surface area contributed by atoms with Crippen LogP contribution in [0.15, 0.2) is 0 Å². The molecule has 1 aliphatic rings. The number of rotatable bonds is 3. The van der Waals surface area contributed by atoms with Crippen molar-refractivity contribution in [2.75, 3.05) is 26.7 Å². The highest BCUT2D eigenvalue weighted by Crippen LogP contribution is 2.08. The van der Waals surface area contributed by atoms with Crippen molar-refractivity contribution in [1.82, 2.24) is 9.80 Å². The van der Waals surface area contributed by atoms with Crippen LogP contribution in [0.5, 0.6) is 0 Å². The van der Waals surface area contributed by atoms with Gasteiger partial charge >= 0.3 is 0 Å². The third-order valence-electron chi connectivity index (χ3n) is 3.08. The van der Waals surface area contributed by atoms with Crippen molar-refractivity contribution in [2.45, 2.75) is 26.3 Å². The molecule has 0 aromatic rings. The summed E-state index contributed by atoms with van der Waals surface area (Å²) in [6, 6.07) is -0.123. The fourth-order valence-electron chi connectivity index (χ4n) is 1.54. The van der Waals surface area contributed by atoms with Gasteiger partial charge in [0.1, 0.15) is 0 Å². The standard InChI is InChI=1S/C11H21N3O2/c1-8(2)9(12)6-10(15)14-5-4-13(3)11(16)7-14/h8-9H,4-7,12H2,1-3H3. The Bertz CT molecular complexity index is 278. The SMILES string of the molecule is CC(C)C(N)CC(=O)N1CCN(C)C(=O)C1. The van der Waals surface area contributed by atoms with Crippen LogP contribution in [-0.2, 0) is 9.59 Å². The average molecular weight is 227 g/mol. The van der Waals surface area contributed by atoms with E-state index >= 15 is 0 Å². The molecule has 0 spiro atoms. The van der Waals surface area contributed by atoms with Crippen LogP contribution in [0.1, 0.15) is 20.3 Å². The molecule has 0 aromatic heterocycles. The summed E-state index contributed by atoms with van der Waals surface area (Å²) >= 11 is 0. The van der Waals surface area contributed by atoms with Crippen molar-refractivity contribution >= 4 is 11.8 Å². The van der Waals surface area contributed by atoms with Crippen molar-refractivity contribution in [3.63, 3.8) is 0 Å². The predicted octanol–water partition coefficient (Wildman–Crippen LogP) is -0.340. The smallest absolute Gasteiger partial charge is 0.241 e. The molecule has 2 N–H and O–H groups in total. The summed E-state index contributed by atoms with van der Waals surface area (Å²) < 4.78 is 0. The van der Waals surface area contributed by atoms with Gasteiger partial charge in [0, 0.05) is 32.6 Å². The molecule has 92 valence electrons. The summed E-state index contributed by atoms with van der Waals surface area (Å²) in [7, 11) is 1.75. The minimum absolute atomic E-state index is 0.00211. The van der Waals surface area contributed by atoms with Crippen LogP contribution in [0.2, 0.25) is 0 Å². The lowest BCUT2D eigenvalue weighted by atomic mass is 10.0. The number of amides is 2. The third kappa shape index (κ3) is 3.20. The van der Waals surface area contributed by atoms with E-state index in [1.165, 1.54) is 0 Å². The van der Waals surface area contributed by atoms with Gasteiger partial charge in [-0.25, -0.2) is 0 Å². The average Bonchev–Trinajstić information content (AvgIpc) is 2.21. The van der Waals surface area contributed by atoms with E-state index in [1.807, 2.05) is 13.8 Å². The molecule has 5 nitrogen and oxygen atoms in total. The second kappa shape index (κ2) is 5.30. The Labute approximate surface area is 96.6 Å². The monoisotopic (exact) mass is 227 g/mol. The van der Waals surface area contributed by atoms with Gasteiger partial charge in [0.2, 0.25) is 11.8 Å². The van der Waals surface area contributed by atoms with Gasteiger partial charge < -0.3 is 15.5 Å². The summed E-state index contributed by atoms with van der Waals surface area (Å²) in [5.74, 6) is 0.271. The van der Waals surface area contributed by atoms with E-state index in [0.717, 1.165) is 0 Å². The third-order valence-corrected chi connectivity index (χ3v) is 3.08. The molecular weight excluding hydrogens is 206 g/mol. The highest BCUT2D eigenvalue weighted by Gasteiger charge is 2.26. The number of nitrogens with two attached hydrogens (primary N) is 1. The van der Waals surface area contributed by atoms with Gasteiger partial charge in [-0.3, -0.25) is 9.59 Å². The van der Waals surface area contributed by atoms with Crippen LogP contribution in [0.4, 0.5) is 0 Å². The molecule has 2 amide bonds. The van der Waals surface area contributed by atoms with Crippen LogP contribution in [-0.4, -0.2) is 54.3 Å². The molecular formula is C11H21N3O2. The zero-order chi connectivity index (χ0) is 12.3. The van der Waals surface area contributed by atoms with Gasteiger partial charge in [-0.05, 0) is 5.92 Å². The van der Waals surface area contributed by atoms with E-state index in [4.69, 9.17) is 5.73 Å². The van der Waals surface area contributed by atoms with E-state index in [9.17, 15) is 9.59 Å². The quantitative estimate of drug-likeness (QED) is 0.717. The molecule has 1 saturated heterocycles. The first-order valence-corrected chi connectivity index (χ1v) is 5.69. The zero-order valence-corrected chi connectivity index (χ0v) is 10.3. The minimum Gasteiger partial charge on any atom is -0.342 e. The molecule has 1 fully saturated rings. The Balaban J connectivity index is 2.46. The maximum Gasteiger partial charge on any atom is 0.241 e. The Morgan fingerprint density at radius 1 is 1.44 bits per heavy atom. The molecule has 16 heavy (non-hydrogen) atoms. The zero-order valence-electron chi connectivity index (χ0n) is 10.3. The summed E-state index contributed by atoms with van der Waals surface area (Å²) in [4.78, 5) is 26.5. The number of hydrogen-bond acceptors (Lipinski definition) is 3. The van der Waals surface area contributed by atoms with E-state index in [1.54, 1.807) is 16.8 Å². The van der Waals surface area contributed by atoms with E-state index < -0.39 is 0 Å². The number of likely N-dealkylation sites (N-methyl/N-ethyl adjacent to an activating group) is 1. The van der Waals surface area contributed by atoms with Crippen molar-refractivity contribution in [3.8, 4) is 0 Å². The van der Waals surface area contributed by atoms with Gasteiger partial charge in [-0.15, -0.1) is 0 Å². The first-order chi connectivity index (χ1) is 7.41. The lowest BCUT2D eigenvalue weighted by Gasteiger charge is -2.32. The van der Waals surface area contributed by atoms with Crippen molar-refractivity contribution < 1.29 is 9.59 Å². The summed E-state index contributed by atoms with van der Waals surface area (Å²) in [6.45, 7) is 5.41. The Morgan fingerprint density at radius 3 is 2.56 bits per heavy atom. The maximum atomic E-state index is 11.8. The van der Waals surface area contributed by atoms with Crippen LogP contribution in [0, 0.1) is 5.92 Å². The lowest BCUT2D eigenvalue weighted by Crippen LogP contribution is -2.51. The molecule has 0 bridgehead atoms. The van der Waals surface area contributed by atoms with Gasteiger partial charge in [0.15, 0.2) is 0 Å². The predicted molar refractivity (Wildman–Crippen MR) is 61.6 cm³/mol. The normalized spacial score (nSPS) is 19.2. The summed E-state index contributed by atoms with van der Waals surface area (Å²) in [6.07, 6.45) is 0.328. The van der Waals surface area contributed by atoms with Crippen LogP contribution in [0.25, 0.3) is 0 Å². The van der Waals surface area contributed by atoms with Crippen molar-refractivity contribution in [1.29, 1.82) is 0 Å². The largest absolute Gasteiger partial charge is 0.342 e. The Morgan fingerprint density at radius 2 is 2.06 bits per heavy atom. The Kier molecular flexibility index (Phi) is 4.29. The maximum absolute atomic E-state index is 11.8. The number of carbonyl (C=O) groups excluding carboxylic acids is 2. The number of hydrogen-bond donors (Lipinski definition) is 1. The van der Waals surface area contributed by atoms with Crippen LogP contribution < -0.4 is 5.73 Å². The van der Waals surface area contributed by atoms with Gasteiger partial charge in [-0.1, -0.05) is 13.8 Å². The number of piperazine rings is 1.